The van der Waals surface area contributed by atoms with Gasteiger partial charge in [-0.15, -0.1) is 0 Å². The first-order chi connectivity index (χ1) is 30.5. The maximum Gasteiger partial charge on any atom is 0.306 e. The van der Waals surface area contributed by atoms with Crippen molar-refractivity contribution in [2.75, 3.05) is 13.2 Å². The Bertz CT molecular complexity index is 1180. The number of esters is 3. The first-order valence-electron chi connectivity index (χ1n) is 25.9. The Kier molecular flexibility index (Phi) is 47.9. The van der Waals surface area contributed by atoms with Crippen molar-refractivity contribution in [3.63, 3.8) is 0 Å². The van der Waals surface area contributed by atoms with E-state index in [0.717, 1.165) is 116 Å². The van der Waals surface area contributed by atoms with Gasteiger partial charge in [0.1, 0.15) is 13.2 Å². The van der Waals surface area contributed by atoms with Crippen LogP contribution in [0.15, 0.2) is 72.9 Å². The maximum atomic E-state index is 12.8. The zero-order valence-electron chi connectivity index (χ0n) is 40.6. The third kappa shape index (κ3) is 47.9. The normalized spacial score (nSPS) is 12.6. The standard InChI is InChI=1S/C56H96O6/c1-4-7-10-13-16-19-21-23-25-26-27-28-29-30-32-33-35-37-40-43-46-49-55(58)61-52-53(51-60-54(57)48-45-42-39-18-15-12-9-6-3)62-56(59)50-47-44-41-38-36-34-31-24-22-20-17-14-11-8-5-2/h8,11,17,20-21,23-24,26-27,29-31,53H,4-7,9-10,12-16,18-19,22,25,28,32-52H2,1-3H3/b11-8-,20-17-,23-21-,27-26-,30-29-,31-24-. The third-order valence-corrected chi connectivity index (χ3v) is 10.9. The lowest BCUT2D eigenvalue weighted by molar-refractivity contribution is -0.167. The minimum atomic E-state index is -0.787. The molecule has 0 fully saturated rings. The van der Waals surface area contributed by atoms with Crippen LogP contribution in [0.1, 0.15) is 245 Å². The molecule has 0 amide bonds. The molecular formula is C56H96O6. The quantitative estimate of drug-likeness (QED) is 0.0262. The summed E-state index contributed by atoms with van der Waals surface area (Å²) in [5.74, 6) is -0.920. The maximum absolute atomic E-state index is 12.8. The van der Waals surface area contributed by atoms with E-state index in [9.17, 15) is 14.4 Å². The monoisotopic (exact) mass is 865 g/mol. The van der Waals surface area contributed by atoms with Crippen LogP contribution in [0.5, 0.6) is 0 Å². The van der Waals surface area contributed by atoms with E-state index in [1.165, 1.54) is 89.9 Å². The minimum absolute atomic E-state index is 0.0864. The van der Waals surface area contributed by atoms with Crippen molar-refractivity contribution in [3.05, 3.63) is 72.9 Å². The fraction of sp³-hybridized carbons (Fsp3) is 0.732. The topological polar surface area (TPSA) is 78.9 Å². The van der Waals surface area contributed by atoms with Crippen LogP contribution < -0.4 is 0 Å². The highest BCUT2D eigenvalue weighted by Gasteiger charge is 2.19. The number of hydrogen-bond acceptors (Lipinski definition) is 6. The highest BCUT2D eigenvalue weighted by Crippen LogP contribution is 2.14. The lowest BCUT2D eigenvalue weighted by Gasteiger charge is -2.18. The molecule has 0 bridgehead atoms. The molecule has 0 N–H and O–H groups in total. The summed E-state index contributed by atoms with van der Waals surface area (Å²) >= 11 is 0. The molecule has 1 atom stereocenters. The zero-order valence-corrected chi connectivity index (χ0v) is 40.6. The largest absolute Gasteiger partial charge is 0.462 e. The summed E-state index contributed by atoms with van der Waals surface area (Å²) in [5.41, 5.74) is 0. The van der Waals surface area contributed by atoms with Crippen LogP contribution in [-0.2, 0) is 28.6 Å². The van der Waals surface area contributed by atoms with Crippen LogP contribution >= 0.6 is 0 Å². The number of hydrogen-bond donors (Lipinski definition) is 0. The molecule has 62 heavy (non-hydrogen) atoms. The van der Waals surface area contributed by atoms with E-state index >= 15 is 0 Å². The molecule has 0 saturated carbocycles. The van der Waals surface area contributed by atoms with Crippen molar-refractivity contribution in [3.8, 4) is 0 Å². The van der Waals surface area contributed by atoms with Gasteiger partial charge in [-0.2, -0.15) is 0 Å². The van der Waals surface area contributed by atoms with Gasteiger partial charge in [0.25, 0.3) is 0 Å². The number of rotatable bonds is 46. The molecule has 0 aromatic heterocycles. The molecule has 0 aliphatic heterocycles. The minimum Gasteiger partial charge on any atom is -0.462 e. The summed E-state index contributed by atoms with van der Waals surface area (Å²) in [7, 11) is 0. The second-order valence-electron chi connectivity index (χ2n) is 17.1. The molecule has 6 heteroatoms. The Hall–Kier alpha value is -3.15. The summed E-state index contributed by atoms with van der Waals surface area (Å²) in [4.78, 5) is 37.8. The Morgan fingerprint density at radius 1 is 0.339 bits per heavy atom. The average molecular weight is 865 g/mol. The van der Waals surface area contributed by atoms with Crippen LogP contribution in [0.4, 0.5) is 0 Å². The van der Waals surface area contributed by atoms with Gasteiger partial charge in [0.05, 0.1) is 0 Å². The SMILES string of the molecule is CC/C=C\C/C=C\C/C=C\CCCCCCCC(=O)OC(COC(=O)CCCCCCCC/C=C\C/C=C\C/C=C\CCCCCCC)COC(=O)CCCCCCCCCC. The Labute approximate surface area is 382 Å². The van der Waals surface area contributed by atoms with E-state index in [4.69, 9.17) is 14.2 Å². The zero-order chi connectivity index (χ0) is 45.1. The molecule has 0 aliphatic carbocycles. The molecule has 0 rings (SSSR count). The van der Waals surface area contributed by atoms with E-state index < -0.39 is 6.10 Å². The van der Waals surface area contributed by atoms with Crippen molar-refractivity contribution in [1.29, 1.82) is 0 Å². The third-order valence-electron chi connectivity index (χ3n) is 10.9. The first kappa shape index (κ1) is 58.9. The summed E-state index contributed by atoms with van der Waals surface area (Å²) in [5, 5.41) is 0. The summed E-state index contributed by atoms with van der Waals surface area (Å²) in [6.45, 7) is 6.46. The molecule has 1 unspecified atom stereocenters. The molecule has 6 nitrogen and oxygen atoms in total. The van der Waals surface area contributed by atoms with E-state index in [2.05, 4.69) is 93.7 Å². The van der Waals surface area contributed by atoms with Crippen LogP contribution in [0.3, 0.4) is 0 Å². The summed E-state index contributed by atoms with van der Waals surface area (Å²) in [6, 6.07) is 0. The molecule has 0 aromatic carbocycles. The molecule has 356 valence electrons. The van der Waals surface area contributed by atoms with E-state index in [-0.39, 0.29) is 31.1 Å². The van der Waals surface area contributed by atoms with Gasteiger partial charge in [-0.3, -0.25) is 14.4 Å². The van der Waals surface area contributed by atoms with Gasteiger partial charge in [-0.1, -0.05) is 209 Å². The molecule has 0 saturated heterocycles. The number of unbranched alkanes of at least 4 members (excludes halogenated alkanes) is 23. The van der Waals surface area contributed by atoms with Crippen molar-refractivity contribution in [2.24, 2.45) is 0 Å². The highest BCUT2D eigenvalue weighted by atomic mass is 16.6. The molecule has 0 aliphatic rings. The van der Waals surface area contributed by atoms with Crippen LogP contribution in [0.25, 0.3) is 0 Å². The van der Waals surface area contributed by atoms with E-state index in [1.54, 1.807) is 0 Å². The number of carbonyl (C=O) groups excluding carboxylic acids is 3. The smallest absolute Gasteiger partial charge is 0.306 e. The van der Waals surface area contributed by atoms with Gasteiger partial charge in [-0.05, 0) is 89.9 Å². The molecular weight excluding hydrogens is 769 g/mol. The van der Waals surface area contributed by atoms with Gasteiger partial charge >= 0.3 is 17.9 Å². The van der Waals surface area contributed by atoms with Gasteiger partial charge in [0.15, 0.2) is 6.10 Å². The average Bonchev–Trinajstić information content (AvgIpc) is 3.27. The number of allylic oxidation sites excluding steroid dienone is 12. The number of ether oxygens (including phenoxy) is 3. The van der Waals surface area contributed by atoms with Gasteiger partial charge in [0.2, 0.25) is 0 Å². The molecule has 0 heterocycles. The fourth-order valence-electron chi connectivity index (χ4n) is 7.05. The van der Waals surface area contributed by atoms with E-state index in [1.807, 2.05) is 0 Å². The number of carbonyl (C=O) groups is 3. The van der Waals surface area contributed by atoms with Crippen molar-refractivity contribution in [1.82, 2.24) is 0 Å². The van der Waals surface area contributed by atoms with Crippen molar-refractivity contribution < 1.29 is 28.6 Å². The lowest BCUT2D eigenvalue weighted by atomic mass is 10.1. The van der Waals surface area contributed by atoms with Gasteiger partial charge in [0, 0.05) is 19.3 Å². The predicted molar refractivity (Wildman–Crippen MR) is 265 cm³/mol. The van der Waals surface area contributed by atoms with E-state index in [0.29, 0.717) is 19.3 Å². The van der Waals surface area contributed by atoms with Gasteiger partial charge in [-0.25, -0.2) is 0 Å². The van der Waals surface area contributed by atoms with Crippen LogP contribution in [0, 0.1) is 0 Å². The highest BCUT2D eigenvalue weighted by molar-refractivity contribution is 5.71. The van der Waals surface area contributed by atoms with Crippen LogP contribution in [0.2, 0.25) is 0 Å². The second-order valence-corrected chi connectivity index (χ2v) is 17.1. The Morgan fingerprint density at radius 2 is 0.629 bits per heavy atom. The fourth-order valence-corrected chi connectivity index (χ4v) is 7.05. The molecule has 0 radical (unpaired) electrons. The Balaban J connectivity index is 4.32. The van der Waals surface area contributed by atoms with Crippen molar-refractivity contribution >= 4 is 17.9 Å². The van der Waals surface area contributed by atoms with Crippen molar-refractivity contribution in [2.45, 2.75) is 252 Å². The lowest BCUT2D eigenvalue weighted by Crippen LogP contribution is -2.30. The Morgan fingerprint density at radius 3 is 0.984 bits per heavy atom. The first-order valence-corrected chi connectivity index (χ1v) is 25.9. The summed E-state index contributed by atoms with van der Waals surface area (Å²) in [6.07, 6.45) is 63.2. The predicted octanol–water partition coefficient (Wildman–Crippen LogP) is 17.0. The van der Waals surface area contributed by atoms with Gasteiger partial charge < -0.3 is 14.2 Å². The molecule has 0 aromatic rings. The second kappa shape index (κ2) is 50.5. The molecule has 0 spiro atoms. The van der Waals surface area contributed by atoms with Crippen LogP contribution in [-0.4, -0.2) is 37.2 Å². The summed E-state index contributed by atoms with van der Waals surface area (Å²) < 4.78 is 16.7.